The first-order valence-corrected chi connectivity index (χ1v) is 14.4. The number of nitrogens with zero attached hydrogens (tertiary/aromatic N) is 3. The van der Waals surface area contributed by atoms with Gasteiger partial charge in [0.2, 0.25) is 0 Å². The van der Waals surface area contributed by atoms with E-state index in [-0.39, 0.29) is 13.1 Å². The third-order valence-electron chi connectivity index (χ3n) is 6.33. The first kappa shape index (κ1) is 25.5. The van der Waals surface area contributed by atoms with Crippen LogP contribution in [-0.2, 0) is 20.2 Å². The van der Waals surface area contributed by atoms with Crippen LogP contribution in [0.1, 0.15) is 31.7 Å². The van der Waals surface area contributed by atoms with Crippen LogP contribution in [0, 0.1) is 5.92 Å². The van der Waals surface area contributed by atoms with Crippen LogP contribution in [0.25, 0.3) is 21.5 Å². The summed E-state index contributed by atoms with van der Waals surface area (Å²) in [6.07, 6.45) is 9.38. The summed E-state index contributed by atoms with van der Waals surface area (Å²) in [5, 5.41) is 4.75. The quantitative estimate of drug-likeness (QED) is 0.140. The van der Waals surface area contributed by atoms with Crippen molar-refractivity contribution in [1.29, 1.82) is 0 Å². The fraction of sp³-hybridized carbons (Fsp3) is 0.172. The molecule has 1 aliphatic carbocycles. The first-order valence-electron chi connectivity index (χ1n) is 11.4. The number of benzene rings is 3. The van der Waals surface area contributed by atoms with Crippen LogP contribution in [0.2, 0.25) is 0 Å². The van der Waals surface area contributed by atoms with Crippen LogP contribution in [0.5, 0.6) is 0 Å². The summed E-state index contributed by atoms with van der Waals surface area (Å²) in [6.45, 7) is 4.37. The van der Waals surface area contributed by atoms with Crippen molar-refractivity contribution in [2.45, 2.75) is 20.3 Å². The molecule has 1 atom stereocenters. The predicted octanol–water partition coefficient (Wildman–Crippen LogP) is 8.75. The first-order chi connectivity index (χ1) is 17.0. The molecule has 1 aromatic heterocycles. The van der Waals surface area contributed by atoms with Crippen molar-refractivity contribution >= 4 is 59.9 Å². The van der Waals surface area contributed by atoms with Gasteiger partial charge in [-0.05, 0) is 47.9 Å². The molecule has 5 rings (SSSR count). The maximum absolute atomic E-state index is 4.97. The van der Waals surface area contributed by atoms with Crippen molar-refractivity contribution in [1.82, 2.24) is 4.57 Å². The van der Waals surface area contributed by atoms with Crippen LogP contribution in [0.15, 0.2) is 100 Å². The zero-order valence-electron chi connectivity index (χ0n) is 19.9. The summed E-state index contributed by atoms with van der Waals surface area (Å²) in [6, 6.07) is 23.3. The third-order valence-corrected chi connectivity index (χ3v) is 6.33. The molecule has 1 unspecified atom stereocenters. The number of rotatable bonds is 4. The van der Waals surface area contributed by atoms with E-state index < -0.39 is 0 Å². The summed E-state index contributed by atoms with van der Waals surface area (Å²) in [7, 11) is 11.6. The minimum atomic E-state index is 0.194. The monoisotopic (exact) mass is 543 g/mol. The van der Waals surface area contributed by atoms with Gasteiger partial charge in [-0.2, -0.15) is 0 Å². The number of fused-ring (bicyclic) bond motifs is 2. The van der Waals surface area contributed by atoms with Gasteiger partial charge in [0, 0.05) is 29.4 Å². The van der Waals surface area contributed by atoms with Gasteiger partial charge in [0.1, 0.15) is 0 Å². The van der Waals surface area contributed by atoms with Crippen LogP contribution >= 0.6 is 20.2 Å². The molecule has 0 amide bonds. The molecule has 180 valence electrons. The van der Waals surface area contributed by atoms with Crippen molar-refractivity contribution in [3.63, 3.8) is 0 Å². The van der Waals surface area contributed by atoms with E-state index >= 15 is 0 Å². The summed E-state index contributed by atoms with van der Waals surface area (Å²) in [4.78, 5) is 9.80. The van der Waals surface area contributed by atoms with Crippen LogP contribution < -0.4 is 0 Å². The van der Waals surface area contributed by atoms with Gasteiger partial charge in [-0.3, -0.25) is 9.98 Å². The Morgan fingerprint density at radius 1 is 0.886 bits per heavy atom. The molecule has 3 nitrogen and oxygen atoms in total. The number of hydrogen-bond donors (Lipinski definition) is 0. The second kappa shape index (κ2) is 11.9. The number of hydrogen-bond acceptors (Lipinski definition) is 2. The molecule has 0 saturated carbocycles. The molecule has 0 aliphatic heterocycles. The van der Waals surface area contributed by atoms with Gasteiger partial charge in [-0.25, -0.2) is 0 Å². The zero-order valence-corrected chi connectivity index (χ0v) is 22.5. The average molecular weight is 544 g/mol. The molecule has 0 N–H and O–H groups in total. The van der Waals surface area contributed by atoms with E-state index in [2.05, 4.69) is 104 Å². The van der Waals surface area contributed by atoms with Gasteiger partial charge in [0.25, 0.3) is 0 Å². The van der Waals surface area contributed by atoms with Crippen molar-refractivity contribution < 1.29 is 13.1 Å². The molecule has 3 aromatic carbocycles. The van der Waals surface area contributed by atoms with Crippen LogP contribution in [0.4, 0.5) is 5.69 Å². The van der Waals surface area contributed by atoms with Crippen LogP contribution in [0.3, 0.4) is 0 Å². The Morgan fingerprint density at radius 3 is 2.00 bits per heavy atom. The predicted molar refractivity (Wildman–Crippen MR) is 149 cm³/mol. The molecule has 1 heterocycles. The van der Waals surface area contributed by atoms with E-state index in [9.17, 15) is 0 Å². The van der Waals surface area contributed by atoms with Gasteiger partial charge >= 0.3 is 33.3 Å². The summed E-state index contributed by atoms with van der Waals surface area (Å²) < 4.78 is 2.14. The molecule has 35 heavy (non-hydrogen) atoms. The molecule has 0 fully saturated rings. The standard InChI is InChI=1S/C29H27N3.2ClH.Fe/c1-20-9-8-10-21(2)28(20)30-18-24-15-16-25(32(24)3)19-31-29-26-13-6-4-11-22(26)17-23-12-5-7-14-27(23)29;;;/h4-9,11-19,21H,10H2,1-3H3;2*1H;/q;;;+2/p-2. The molecular weight excluding hydrogens is 517 g/mol. The summed E-state index contributed by atoms with van der Waals surface area (Å²) in [5.74, 6) is 0.456. The topological polar surface area (TPSA) is 29.6 Å². The Hall–Kier alpha value is -2.62. The van der Waals surface area contributed by atoms with Crippen molar-refractivity contribution in [3.05, 3.63) is 102 Å². The molecule has 0 bridgehead atoms. The van der Waals surface area contributed by atoms with Gasteiger partial charge in [-0.1, -0.05) is 67.6 Å². The Morgan fingerprint density at radius 2 is 1.43 bits per heavy atom. The average Bonchev–Trinajstić information content (AvgIpc) is 3.21. The van der Waals surface area contributed by atoms with Crippen molar-refractivity contribution in [2.24, 2.45) is 23.0 Å². The minimum absolute atomic E-state index is 0.194. The molecule has 1 aliphatic rings. The van der Waals surface area contributed by atoms with Gasteiger partial charge in [-0.15, -0.1) is 0 Å². The SMILES string of the molecule is CC1=C(N=Cc2ccc(C=Nc3c4ccccc4cc4ccccc34)n2C)C(C)CC=C1.[Cl][Fe][Cl]. The van der Waals surface area contributed by atoms with E-state index in [0.29, 0.717) is 5.92 Å². The number of halogens is 2. The van der Waals surface area contributed by atoms with Crippen LogP contribution in [-0.4, -0.2) is 17.0 Å². The Labute approximate surface area is 221 Å². The van der Waals surface area contributed by atoms with Gasteiger partial charge < -0.3 is 4.57 Å². The fourth-order valence-corrected chi connectivity index (χ4v) is 4.46. The second-order valence-corrected chi connectivity index (χ2v) is 10.4. The number of aromatic nitrogens is 1. The second-order valence-electron chi connectivity index (χ2n) is 8.58. The summed E-state index contributed by atoms with van der Waals surface area (Å²) >= 11 is 0.194. The normalized spacial score (nSPS) is 16.1. The zero-order chi connectivity index (χ0) is 24.8. The maximum atomic E-state index is 4.97. The van der Waals surface area contributed by atoms with E-state index in [1.807, 2.05) is 12.4 Å². The summed E-state index contributed by atoms with van der Waals surface area (Å²) in [5.41, 5.74) is 5.55. The molecule has 0 saturated heterocycles. The molecular formula is C29H27Cl2FeN3. The van der Waals surface area contributed by atoms with E-state index in [4.69, 9.17) is 30.2 Å². The third kappa shape index (κ3) is 5.79. The van der Waals surface area contributed by atoms with Crippen molar-refractivity contribution in [2.75, 3.05) is 0 Å². The molecule has 6 heteroatoms. The van der Waals surface area contributed by atoms with Gasteiger partial charge in [0.05, 0.1) is 29.5 Å². The molecule has 4 aromatic rings. The Bertz CT molecular complexity index is 1410. The molecule has 0 spiro atoms. The van der Waals surface area contributed by atoms with Crippen molar-refractivity contribution in [3.8, 4) is 0 Å². The Kier molecular flexibility index (Phi) is 8.64. The van der Waals surface area contributed by atoms with E-state index in [1.165, 1.54) is 32.8 Å². The Balaban J connectivity index is 0.000000917. The molecule has 0 radical (unpaired) electrons. The van der Waals surface area contributed by atoms with Gasteiger partial charge in [0.15, 0.2) is 0 Å². The fourth-order valence-electron chi connectivity index (χ4n) is 4.46. The number of aliphatic imine (C=N–C) groups is 2. The van der Waals surface area contributed by atoms with E-state index in [0.717, 1.165) is 23.5 Å². The number of allylic oxidation sites excluding steroid dienone is 4. The van der Waals surface area contributed by atoms with E-state index in [1.54, 1.807) is 0 Å².